The smallest absolute Gasteiger partial charge is 0.0693 e. The Hall–Kier alpha value is -1.62. The number of carboxylic acids is 2. The Morgan fingerprint density at radius 3 is 1.75 bits per heavy atom. The molecule has 0 amide bonds. The monoisotopic (exact) mass is 172 g/mol. The quantitative estimate of drug-likeness (QED) is 0.463. The van der Waals surface area contributed by atoms with Crippen molar-refractivity contribution in [3.05, 3.63) is 24.8 Å². The van der Waals surface area contributed by atoms with Crippen LogP contribution in [0.3, 0.4) is 0 Å². The highest BCUT2D eigenvalue weighted by Gasteiger charge is 1.86. The Kier molecular flexibility index (Phi) is 8.11. The Balaban J connectivity index is 0. The largest absolute Gasteiger partial charge is 0.545 e. The number of hydrogen-bond donors (Lipinski definition) is 1. The van der Waals surface area contributed by atoms with Gasteiger partial charge >= 0.3 is 0 Å². The van der Waals surface area contributed by atoms with Crippen molar-refractivity contribution in [3.8, 4) is 0 Å². The van der Waals surface area contributed by atoms with Crippen molar-refractivity contribution in [2.24, 2.45) is 0 Å². The standard InChI is InChI=1S/C4H6O3.C3H4O2/c1-3(2-5)4(6)7;1-2-3(4)5/h5H,1-2H2,(H,6,7);2H,1H2,(H,4,5)/p-2. The zero-order chi connectivity index (χ0) is 10.1. The van der Waals surface area contributed by atoms with E-state index in [0.717, 1.165) is 6.08 Å². The highest BCUT2D eigenvalue weighted by atomic mass is 16.4. The van der Waals surface area contributed by atoms with Gasteiger partial charge in [-0.15, -0.1) is 0 Å². The summed E-state index contributed by atoms with van der Waals surface area (Å²) in [5.41, 5.74) is -0.292. The van der Waals surface area contributed by atoms with Gasteiger partial charge in [-0.05, 0) is 11.6 Å². The average Bonchev–Trinajstić information content (AvgIpc) is 2.04. The van der Waals surface area contributed by atoms with Crippen LogP contribution in [0.15, 0.2) is 24.8 Å². The third kappa shape index (κ3) is 11.2. The first-order chi connectivity index (χ1) is 5.45. The maximum Gasteiger partial charge on any atom is 0.0693 e. The SMILES string of the molecule is C=C(CO)C(=O)[O-].C=CC(=O)[O-]. The van der Waals surface area contributed by atoms with Gasteiger partial charge in [0.1, 0.15) is 0 Å². The van der Waals surface area contributed by atoms with E-state index < -0.39 is 18.5 Å². The maximum atomic E-state index is 9.56. The maximum absolute atomic E-state index is 9.56. The summed E-state index contributed by atoms with van der Waals surface area (Å²) in [6.07, 6.45) is 0.722. The molecule has 1 N–H and O–H groups in total. The molecule has 0 radical (unpaired) electrons. The van der Waals surface area contributed by atoms with Crippen molar-refractivity contribution < 1.29 is 24.9 Å². The van der Waals surface area contributed by atoms with Crippen LogP contribution in [0.4, 0.5) is 0 Å². The van der Waals surface area contributed by atoms with Crippen LogP contribution in [-0.2, 0) is 9.59 Å². The highest BCUT2D eigenvalue weighted by molar-refractivity contribution is 5.83. The van der Waals surface area contributed by atoms with Gasteiger partial charge < -0.3 is 24.9 Å². The second-order valence-electron chi connectivity index (χ2n) is 1.57. The summed E-state index contributed by atoms with van der Waals surface area (Å²) in [4.78, 5) is 18.7. The lowest BCUT2D eigenvalue weighted by atomic mass is 10.3. The lowest BCUT2D eigenvalue weighted by Gasteiger charge is -1.98. The molecule has 0 spiro atoms. The average molecular weight is 172 g/mol. The second kappa shape index (κ2) is 7.49. The zero-order valence-corrected chi connectivity index (χ0v) is 6.28. The molecule has 0 aromatic carbocycles. The van der Waals surface area contributed by atoms with Gasteiger partial charge in [0.2, 0.25) is 0 Å². The van der Waals surface area contributed by atoms with E-state index >= 15 is 0 Å². The zero-order valence-electron chi connectivity index (χ0n) is 6.28. The van der Waals surface area contributed by atoms with Crippen molar-refractivity contribution in [3.63, 3.8) is 0 Å². The van der Waals surface area contributed by atoms with Crippen LogP contribution >= 0.6 is 0 Å². The summed E-state index contributed by atoms with van der Waals surface area (Å²) in [7, 11) is 0. The first-order valence-corrected chi connectivity index (χ1v) is 2.79. The molecule has 0 saturated heterocycles. The molecule has 0 fully saturated rings. The topological polar surface area (TPSA) is 100 Å². The van der Waals surface area contributed by atoms with E-state index in [1.54, 1.807) is 0 Å². The molecule has 68 valence electrons. The molecule has 0 bridgehead atoms. The van der Waals surface area contributed by atoms with Crippen molar-refractivity contribution in [2.75, 3.05) is 6.61 Å². The molecule has 12 heavy (non-hydrogen) atoms. The molecule has 0 aliphatic carbocycles. The number of rotatable bonds is 3. The van der Waals surface area contributed by atoms with Crippen LogP contribution in [0.2, 0.25) is 0 Å². The number of carbonyl (C=O) groups excluding carboxylic acids is 2. The van der Waals surface area contributed by atoms with Crippen molar-refractivity contribution >= 4 is 11.9 Å². The minimum absolute atomic E-state index is 0.292. The van der Waals surface area contributed by atoms with Gasteiger partial charge in [-0.2, -0.15) is 0 Å². The van der Waals surface area contributed by atoms with E-state index in [4.69, 9.17) is 15.0 Å². The minimum Gasteiger partial charge on any atom is -0.545 e. The van der Waals surface area contributed by atoms with Gasteiger partial charge in [0, 0.05) is 0 Å². The number of aliphatic hydroxyl groups excluding tert-OH is 1. The van der Waals surface area contributed by atoms with Gasteiger partial charge in [0.25, 0.3) is 0 Å². The summed E-state index contributed by atoms with van der Waals surface area (Å²) < 4.78 is 0. The first-order valence-electron chi connectivity index (χ1n) is 2.79. The fourth-order valence-electron chi connectivity index (χ4n) is 0.0645. The van der Waals surface area contributed by atoms with Crippen molar-refractivity contribution in [2.45, 2.75) is 0 Å². The first kappa shape index (κ1) is 13.0. The Labute approximate surface area is 69.3 Å². The van der Waals surface area contributed by atoms with E-state index in [2.05, 4.69) is 13.2 Å². The second-order valence-corrected chi connectivity index (χ2v) is 1.57. The fourth-order valence-corrected chi connectivity index (χ4v) is 0.0645. The molecule has 0 saturated carbocycles. The van der Waals surface area contributed by atoms with Crippen molar-refractivity contribution in [1.82, 2.24) is 0 Å². The Bertz CT molecular complexity index is 194. The van der Waals surface area contributed by atoms with Crippen LogP contribution in [0.1, 0.15) is 0 Å². The van der Waals surface area contributed by atoms with Crippen molar-refractivity contribution in [1.29, 1.82) is 0 Å². The van der Waals surface area contributed by atoms with Crippen LogP contribution < -0.4 is 10.2 Å². The van der Waals surface area contributed by atoms with E-state index in [9.17, 15) is 9.90 Å². The van der Waals surface area contributed by atoms with Gasteiger partial charge in [-0.25, -0.2) is 0 Å². The lowest BCUT2D eigenvalue weighted by molar-refractivity contribution is -0.300. The molecule has 0 rings (SSSR count). The Morgan fingerprint density at radius 1 is 1.42 bits per heavy atom. The van der Waals surface area contributed by atoms with Crippen LogP contribution in [0.25, 0.3) is 0 Å². The minimum atomic E-state index is -1.40. The number of aliphatic carboxylic acids is 2. The Morgan fingerprint density at radius 2 is 1.75 bits per heavy atom. The summed E-state index contributed by atoms with van der Waals surface area (Å²) in [5.74, 6) is -2.63. The summed E-state index contributed by atoms with van der Waals surface area (Å²) in [6, 6.07) is 0. The molecule has 0 aliphatic rings. The van der Waals surface area contributed by atoms with Gasteiger partial charge in [-0.1, -0.05) is 13.2 Å². The van der Waals surface area contributed by atoms with E-state index in [0.29, 0.717) is 0 Å². The fraction of sp³-hybridized carbons (Fsp3) is 0.143. The highest BCUT2D eigenvalue weighted by Crippen LogP contribution is 1.79. The van der Waals surface area contributed by atoms with Gasteiger partial charge in [0.05, 0.1) is 18.5 Å². The van der Waals surface area contributed by atoms with E-state index in [-0.39, 0.29) is 5.57 Å². The normalized spacial score (nSPS) is 7.42. The van der Waals surface area contributed by atoms with Crippen LogP contribution in [0.5, 0.6) is 0 Å². The number of carbonyl (C=O) groups is 2. The molecule has 5 heteroatoms. The number of hydrogen-bond acceptors (Lipinski definition) is 5. The number of carboxylic acid groups (broad SMARTS) is 2. The van der Waals surface area contributed by atoms with Crippen LogP contribution in [-0.4, -0.2) is 23.7 Å². The molecule has 0 unspecified atom stereocenters. The van der Waals surface area contributed by atoms with E-state index in [1.165, 1.54) is 0 Å². The van der Waals surface area contributed by atoms with Crippen LogP contribution in [0, 0.1) is 0 Å². The lowest BCUT2D eigenvalue weighted by Crippen LogP contribution is -2.25. The molecule has 0 aromatic heterocycles. The number of aliphatic hydroxyl groups is 1. The molecule has 0 atom stereocenters. The molecule has 5 nitrogen and oxygen atoms in total. The molecular weight excluding hydrogens is 164 g/mol. The summed E-state index contributed by atoms with van der Waals surface area (Å²) in [5, 5.41) is 26.7. The van der Waals surface area contributed by atoms with Gasteiger partial charge in [0.15, 0.2) is 0 Å². The van der Waals surface area contributed by atoms with Gasteiger partial charge in [-0.3, -0.25) is 0 Å². The molecule has 0 heterocycles. The van der Waals surface area contributed by atoms with E-state index in [1.807, 2.05) is 0 Å². The predicted octanol–water partition coefficient (Wildman–Crippen LogP) is -2.79. The molecular formula is C7H8O5-2. The summed E-state index contributed by atoms with van der Waals surface area (Å²) in [6.45, 7) is 5.32. The third-order valence-corrected chi connectivity index (χ3v) is 0.646. The molecule has 0 aromatic rings. The summed E-state index contributed by atoms with van der Waals surface area (Å²) >= 11 is 0. The molecule has 0 aliphatic heterocycles. The predicted molar refractivity (Wildman–Crippen MR) is 36.4 cm³/mol. The third-order valence-electron chi connectivity index (χ3n) is 0.646.